The summed E-state index contributed by atoms with van der Waals surface area (Å²) in [7, 11) is 0. The van der Waals surface area contributed by atoms with Crippen molar-refractivity contribution in [1.29, 1.82) is 0 Å². The molecule has 126 valence electrons. The van der Waals surface area contributed by atoms with Crippen LogP contribution in [0.5, 0.6) is 0 Å². The first-order valence-corrected chi connectivity index (χ1v) is 8.40. The van der Waals surface area contributed by atoms with Gasteiger partial charge in [0.1, 0.15) is 5.69 Å². The number of aromatic nitrogens is 5. The van der Waals surface area contributed by atoms with E-state index in [0.29, 0.717) is 12.1 Å². The number of nitrogens with zero attached hydrogens (tertiary/aromatic N) is 5. The second-order valence-corrected chi connectivity index (χ2v) is 7.41. The minimum atomic E-state index is 0.250. The van der Waals surface area contributed by atoms with Gasteiger partial charge >= 0.3 is 0 Å². The highest BCUT2D eigenvalue weighted by Crippen LogP contribution is 2.25. The summed E-state index contributed by atoms with van der Waals surface area (Å²) in [5.74, 6) is 0.892. The maximum atomic E-state index is 4.41. The smallest absolute Gasteiger partial charge is 0.162 e. The van der Waals surface area contributed by atoms with Crippen LogP contribution < -0.4 is 10.9 Å². The molecule has 0 amide bonds. The summed E-state index contributed by atoms with van der Waals surface area (Å²) in [5, 5.41) is 8.56. The number of hydrazine groups is 1. The Morgan fingerprint density at radius 3 is 2.83 bits per heavy atom. The van der Waals surface area contributed by atoms with Gasteiger partial charge in [0.25, 0.3) is 0 Å². The molecule has 0 radical (unpaired) electrons. The third-order valence-electron chi connectivity index (χ3n) is 4.38. The van der Waals surface area contributed by atoms with Crippen LogP contribution in [0.15, 0.2) is 18.6 Å². The Balaban J connectivity index is 1.65. The van der Waals surface area contributed by atoms with Crippen LogP contribution in [0.3, 0.4) is 0 Å². The molecule has 0 saturated carbocycles. The van der Waals surface area contributed by atoms with Gasteiger partial charge in [0.05, 0.1) is 12.7 Å². The van der Waals surface area contributed by atoms with Crippen molar-refractivity contribution in [2.75, 3.05) is 0 Å². The van der Waals surface area contributed by atoms with E-state index in [1.807, 2.05) is 23.3 Å². The van der Waals surface area contributed by atoms with Crippen molar-refractivity contribution in [2.24, 2.45) is 5.41 Å². The summed E-state index contributed by atoms with van der Waals surface area (Å²) in [5.41, 5.74) is 7.86. The summed E-state index contributed by atoms with van der Waals surface area (Å²) >= 11 is 0. The van der Waals surface area contributed by atoms with Gasteiger partial charge in [-0.2, -0.15) is 0 Å². The first kappa shape index (κ1) is 16.1. The summed E-state index contributed by atoms with van der Waals surface area (Å²) in [4.78, 5) is 4.41. The van der Waals surface area contributed by atoms with Crippen LogP contribution >= 0.6 is 0 Å². The van der Waals surface area contributed by atoms with E-state index in [1.165, 1.54) is 0 Å². The number of imidazole rings is 1. The lowest BCUT2D eigenvalue weighted by Crippen LogP contribution is -2.40. The molecule has 2 N–H and O–H groups in total. The van der Waals surface area contributed by atoms with E-state index in [2.05, 4.69) is 58.4 Å². The molecule has 3 rings (SSSR count). The fourth-order valence-electron chi connectivity index (χ4n) is 2.99. The molecule has 7 nitrogen and oxygen atoms in total. The molecule has 2 unspecified atom stereocenters. The molecule has 2 aromatic heterocycles. The molecular weight excluding hydrogens is 290 g/mol. The lowest BCUT2D eigenvalue weighted by Gasteiger charge is -2.26. The third-order valence-corrected chi connectivity index (χ3v) is 4.38. The van der Waals surface area contributed by atoms with Gasteiger partial charge in [0.2, 0.25) is 0 Å². The van der Waals surface area contributed by atoms with Crippen molar-refractivity contribution in [2.45, 2.75) is 65.7 Å². The fraction of sp³-hybridized carbons (Fsp3) is 0.688. The van der Waals surface area contributed by atoms with Gasteiger partial charge in [-0.25, -0.2) is 4.98 Å². The topological polar surface area (TPSA) is 72.6 Å². The van der Waals surface area contributed by atoms with Crippen LogP contribution in [0.4, 0.5) is 0 Å². The van der Waals surface area contributed by atoms with Crippen molar-refractivity contribution in [3.05, 3.63) is 18.6 Å². The maximum absolute atomic E-state index is 4.41. The van der Waals surface area contributed by atoms with E-state index < -0.39 is 0 Å². The first-order chi connectivity index (χ1) is 11.0. The van der Waals surface area contributed by atoms with Crippen LogP contribution in [0, 0.1) is 5.41 Å². The Bertz CT molecular complexity index is 637. The molecule has 0 aliphatic carbocycles. The van der Waals surface area contributed by atoms with Crippen molar-refractivity contribution >= 4 is 0 Å². The summed E-state index contributed by atoms with van der Waals surface area (Å²) in [6.07, 6.45) is 7.96. The van der Waals surface area contributed by atoms with E-state index in [-0.39, 0.29) is 5.41 Å². The molecule has 1 saturated heterocycles. The minimum absolute atomic E-state index is 0.250. The Labute approximate surface area is 137 Å². The van der Waals surface area contributed by atoms with Gasteiger partial charge in [-0.3, -0.25) is 15.5 Å². The lowest BCUT2D eigenvalue weighted by atomic mass is 9.85. The SMILES string of the molecule is CCCn1ccnc1-c1cn(CC2CC(C(C)(C)C)NN2)nn1. The highest BCUT2D eigenvalue weighted by atomic mass is 15.5. The van der Waals surface area contributed by atoms with E-state index >= 15 is 0 Å². The van der Waals surface area contributed by atoms with Crippen LogP contribution in [-0.2, 0) is 13.1 Å². The predicted molar refractivity (Wildman–Crippen MR) is 89.5 cm³/mol. The molecule has 1 aliphatic heterocycles. The van der Waals surface area contributed by atoms with Gasteiger partial charge in [-0.15, -0.1) is 5.10 Å². The molecule has 23 heavy (non-hydrogen) atoms. The highest BCUT2D eigenvalue weighted by Gasteiger charge is 2.32. The molecule has 0 aromatic carbocycles. The van der Waals surface area contributed by atoms with E-state index in [4.69, 9.17) is 0 Å². The van der Waals surface area contributed by atoms with E-state index in [0.717, 1.165) is 37.4 Å². The zero-order valence-electron chi connectivity index (χ0n) is 14.5. The Morgan fingerprint density at radius 1 is 1.30 bits per heavy atom. The Hall–Kier alpha value is -1.73. The Kier molecular flexibility index (Phi) is 4.50. The van der Waals surface area contributed by atoms with Crippen LogP contribution in [0.25, 0.3) is 11.5 Å². The minimum Gasteiger partial charge on any atom is -0.330 e. The predicted octanol–water partition coefficient (Wildman–Crippen LogP) is 1.83. The molecule has 7 heteroatoms. The third kappa shape index (κ3) is 3.61. The second kappa shape index (κ2) is 6.41. The number of nitrogens with one attached hydrogen (secondary N) is 2. The molecule has 0 spiro atoms. The normalized spacial score (nSPS) is 21.9. The number of hydrogen-bond donors (Lipinski definition) is 2. The lowest BCUT2D eigenvalue weighted by molar-refractivity contribution is 0.285. The van der Waals surface area contributed by atoms with E-state index in [9.17, 15) is 0 Å². The molecule has 2 aromatic rings. The molecular formula is C16H27N7. The highest BCUT2D eigenvalue weighted by molar-refractivity contribution is 5.47. The zero-order chi connectivity index (χ0) is 16.4. The van der Waals surface area contributed by atoms with Crippen LogP contribution in [0.1, 0.15) is 40.5 Å². The van der Waals surface area contributed by atoms with Gasteiger partial charge in [-0.05, 0) is 18.3 Å². The average molecular weight is 317 g/mol. The van der Waals surface area contributed by atoms with Gasteiger partial charge in [0, 0.05) is 31.0 Å². The van der Waals surface area contributed by atoms with Crippen LogP contribution in [0.2, 0.25) is 0 Å². The van der Waals surface area contributed by atoms with Gasteiger partial charge in [0.15, 0.2) is 5.82 Å². The molecule has 0 bridgehead atoms. The number of hydrogen-bond acceptors (Lipinski definition) is 5. The second-order valence-electron chi connectivity index (χ2n) is 7.41. The van der Waals surface area contributed by atoms with Crippen molar-refractivity contribution in [1.82, 2.24) is 35.4 Å². The Morgan fingerprint density at radius 2 is 2.13 bits per heavy atom. The fourth-order valence-corrected chi connectivity index (χ4v) is 2.99. The van der Waals surface area contributed by atoms with Gasteiger partial charge < -0.3 is 4.57 Å². The molecule has 1 fully saturated rings. The average Bonchev–Trinajstić information content (AvgIpc) is 3.18. The molecule has 1 aliphatic rings. The van der Waals surface area contributed by atoms with Crippen LogP contribution in [-0.4, -0.2) is 36.6 Å². The summed E-state index contributed by atoms with van der Waals surface area (Å²) in [6, 6.07) is 0.836. The van der Waals surface area contributed by atoms with Gasteiger partial charge in [-0.1, -0.05) is 32.9 Å². The molecule has 2 atom stereocenters. The standard InChI is InChI=1S/C16H27N7/c1-5-7-22-8-6-17-15(22)13-11-23(21-19-13)10-12-9-14(20-18-12)16(2,3)4/h6,8,11-12,14,18,20H,5,7,9-10H2,1-4H3. The molecule has 3 heterocycles. The van der Waals surface area contributed by atoms with E-state index in [1.54, 1.807) is 0 Å². The zero-order valence-corrected chi connectivity index (χ0v) is 14.5. The number of rotatable bonds is 5. The quantitative estimate of drug-likeness (QED) is 0.880. The first-order valence-electron chi connectivity index (χ1n) is 8.40. The largest absolute Gasteiger partial charge is 0.330 e. The summed E-state index contributed by atoms with van der Waals surface area (Å²) in [6.45, 7) is 10.7. The van der Waals surface area contributed by atoms with Crippen molar-refractivity contribution < 1.29 is 0 Å². The summed E-state index contributed by atoms with van der Waals surface area (Å²) < 4.78 is 4.03. The monoisotopic (exact) mass is 317 g/mol. The van der Waals surface area contributed by atoms with Crippen molar-refractivity contribution in [3.63, 3.8) is 0 Å². The van der Waals surface area contributed by atoms with Crippen molar-refractivity contribution in [3.8, 4) is 11.5 Å². The number of aryl methyl sites for hydroxylation is 1. The maximum Gasteiger partial charge on any atom is 0.162 e.